The van der Waals surface area contributed by atoms with E-state index in [1.165, 1.54) is 6.92 Å². The van der Waals surface area contributed by atoms with Crippen molar-refractivity contribution >= 4 is 11.8 Å². The zero-order valence-corrected chi connectivity index (χ0v) is 17.2. The highest BCUT2D eigenvalue weighted by Gasteiger charge is 2.22. The van der Waals surface area contributed by atoms with Crippen molar-refractivity contribution in [1.82, 2.24) is 10.6 Å². The molecule has 154 valence electrons. The van der Waals surface area contributed by atoms with Gasteiger partial charge in [-0.1, -0.05) is 30.3 Å². The van der Waals surface area contributed by atoms with Crippen LogP contribution in [0.5, 0.6) is 11.5 Å². The van der Waals surface area contributed by atoms with Gasteiger partial charge in [-0.25, -0.2) is 0 Å². The number of nitrogens with one attached hydrogen (secondary N) is 2. The summed E-state index contributed by atoms with van der Waals surface area (Å²) in [5, 5.41) is 5.80. The van der Waals surface area contributed by atoms with Crippen molar-refractivity contribution in [2.45, 2.75) is 52.3 Å². The van der Waals surface area contributed by atoms with E-state index in [9.17, 15) is 9.59 Å². The Balaban J connectivity index is 1.68. The second kappa shape index (κ2) is 9.45. The molecule has 2 atom stereocenters. The molecule has 0 unspecified atom stereocenters. The molecule has 1 aliphatic heterocycles. The number of benzene rings is 2. The van der Waals surface area contributed by atoms with E-state index >= 15 is 0 Å². The van der Waals surface area contributed by atoms with Gasteiger partial charge in [0.05, 0.1) is 19.1 Å². The Bertz CT molecular complexity index is 867. The largest absolute Gasteiger partial charge is 0.494 e. The number of fused-ring (bicyclic) bond motifs is 1. The number of hydrogen-bond donors (Lipinski definition) is 2. The number of carbonyl (C=O) groups is 2. The normalized spacial score (nSPS) is 15.8. The second-order valence-corrected chi connectivity index (χ2v) is 7.28. The molecule has 6 heteroatoms. The molecule has 0 aromatic heterocycles. The molecule has 1 heterocycles. The highest BCUT2D eigenvalue weighted by atomic mass is 16.5. The highest BCUT2D eigenvalue weighted by Crippen LogP contribution is 2.35. The number of rotatable bonds is 8. The molecule has 0 bridgehead atoms. The third-order valence-electron chi connectivity index (χ3n) is 4.82. The molecule has 0 saturated carbocycles. The lowest BCUT2D eigenvalue weighted by Gasteiger charge is -2.18. The summed E-state index contributed by atoms with van der Waals surface area (Å²) in [6.45, 7) is 6.31. The summed E-state index contributed by atoms with van der Waals surface area (Å²) in [7, 11) is 0. The monoisotopic (exact) mass is 396 g/mol. The van der Waals surface area contributed by atoms with Gasteiger partial charge in [0.1, 0.15) is 17.6 Å². The first-order valence-electron chi connectivity index (χ1n) is 10.00. The lowest BCUT2D eigenvalue weighted by atomic mass is 10.0. The van der Waals surface area contributed by atoms with Crippen LogP contribution in [0.1, 0.15) is 49.9 Å². The van der Waals surface area contributed by atoms with Gasteiger partial charge in [-0.2, -0.15) is 0 Å². The second-order valence-electron chi connectivity index (χ2n) is 7.28. The molecule has 0 fully saturated rings. The summed E-state index contributed by atoms with van der Waals surface area (Å²) >= 11 is 0. The zero-order valence-electron chi connectivity index (χ0n) is 17.2. The van der Waals surface area contributed by atoms with Gasteiger partial charge < -0.3 is 20.1 Å². The molecule has 0 radical (unpaired) electrons. The summed E-state index contributed by atoms with van der Waals surface area (Å²) in [4.78, 5) is 24.2. The van der Waals surface area contributed by atoms with E-state index in [1.54, 1.807) is 0 Å². The molecular weight excluding hydrogens is 368 g/mol. The van der Waals surface area contributed by atoms with Crippen LogP contribution in [0.25, 0.3) is 0 Å². The van der Waals surface area contributed by atoms with Crippen LogP contribution in [0.4, 0.5) is 0 Å². The van der Waals surface area contributed by atoms with Crippen LogP contribution >= 0.6 is 0 Å². The van der Waals surface area contributed by atoms with Crippen molar-refractivity contribution in [2.24, 2.45) is 0 Å². The fourth-order valence-corrected chi connectivity index (χ4v) is 3.54. The Morgan fingerprint density at radius 1 is 1.24 bits per heavy atom. The molecule has 3 rings (SSSR count). The molecule has 6 nitrogen and oxygen atoms in total. The molecule has 0 spiro atoms. The number of amides is 2. The summed E-state index contributed by atoms with van der Waals surface area (Å²) in [6, 6.07) is 13.1. The van der Waals surface area contributed by atoms with E-state index in [0.29, 0.717) is 13.2 Å². The van der Waals surface area contributed by atoms with E-state index in [4.69, 9.17) is 9.47 Å². The highest BCUT2D eigenvalue weighted by molar-refractivity contribution is 5.79. The van der Waals surface area contributed by atoms with Gasteiger partial charge >= 0.3 is 0 Å². The first kappa shape index (κ1) is 20.7. The van der Waals surface area contributed by atoms with Crippen molar-refractivity contribution < 1.29 is 19.1 Å². The van der Waals surface area contributed by atoms with Crippen molar-refractivity contribution in [1.29, 1.82) is 0 Å². The van der Waals surface area contributed by atoms with Gasteiger partial charge in [0, 0.05) is 31.0 Å². The summed E-state index contributed by atoms with van der Waals surface area (Å²) < 4.78 is 11.6. The first-order chi connectivity index (χ1) is 14.0. The number of carbonyl (C=O) groups excluding carboxylic acids is 2. The van der Waals surface area contributed by atoms with Gasteiger partial charge in [-0.3, -0.25) is 9.59 Å². The maximum atomic E-state index is 12.6. The molecule has 0 saturated heterocycles. The van der Waals surface area contributed by atoms with Gasteiger partial charge in [0.15, 0.2) is 0 Å². The third-order valence-corrected chi connectivity index (χ3v) is 4.82. The molecule has 29 heavy (non-hydrogen) atoms. The predicted molar refractivity (Wildman–Crippen MR) is 111 cm³/mol. The molecule has 2 aromatic rings. The fourth-order valence-electron chi connectivity index (χ4n) is 3.54. The van der Waals surface area contributed by atoms with Gasteiger partial charge in [-0.15, -0.1) is 0 Å². The predicted octanol–water partition coefficient (Wildman–Crippen LogP) is 3.29. The summed E-state index contributed by atoms with van der Waals surface area (Å²) in [5.74, 6) is 1.30. The topological polar surface area (TPSA) is 76.7 Å². The molecule has 2 aromatic carbocycles. The summed E-state index contributed by atoms with van der Waals surface area (Å²) in [5.41, 5.74) is 2.91. The van der Waals surface area contributed by atoms with Gasteiger partial charge in [-0.05, 0) is 31.5 Å². The Morgan fingerprint density at radius 3 is 2.69 bits per heavy atom. The Morgan fingerprint density at radius 2 is 2.00 bits per heavy atom. The number of ether oxygens (including phenoxy) is 2. The van der Waals surface area contributed by atoms with E-state index in [0.717, 1.165) is 34.6 Å². The Hall–Kier alpha value is -3.02. The van der Waals surface area contributed by atoms with Crippen LogP contribution in [-0.4, -0.2) is 24.5 Å². The minimum Gasteiger partial charge on any atom is -0.494 e. The lowest BCUT2D eigenvalue weighted by Crippen LogP contribution is -2.32. The lowest BCUT2D eigenvalue weighted by molar-refractivity contribution is -0.122. The Kier molecular flexibility index (Phi) is 6.75. The first-order valence-corrected chi connectivity index (χ1v) is 10.00. The average molecular weight is 396 g/mol. The quantitative estimate of drug-likeness (QED) is 0.718. The van der Waals surface area contributed by atoms with E-state index in [2.05, 4.69) is 10.6 Å². The zero-order chi connectivity index (χ0) is 20.8. The van der Waals surface area contributed by atoms with Crippen LogP contribution < -0.4 is 20.1 Å². The maximum absolute atomic E-state index is 12.6. The Labute approximate surface area is 171 Å². The van der Waals surface area contributed by atoms with Gasteiger partial charge in [0.2, 0.25) is 11.8 Å². The van der Waals surface area contributed by atoms with Crippen molar-refractivity contribution in [3.63, 3.8) is 0 Å². The van der Waals surface area contributed by atoms with Crippen LogP contribution in [0.2, 0.25) is 0 Å². The number of hydrogen-bond acceptors (Lipinski definition) is 4. The van der Waals surface area contributed by atoms with Crippen LogP contribution in [0, 0.1) is 0 Å². The van der Waals surface area contributed by atoms with Crippen LogP contribution in [0.15, 0.2) is 42.5 Å². The fraction of sp³-hybridized carbons (Fsp3) is 0.391. The average Bonchev–Trinajstić information content (AvgIpc) is 3.05. The molecule has 1 aliphatic rings. The van der Waals surface area contributed by atoms with Crippen LogP contribution in [0.3, 0.4) is 0 Å². The van der Waals surface area contributed by atoms with Crippen molar-refractivity contribution in [3.8, 4) is 11.5 Å². The minimum atomic E-state index is -0.371. The van der Waals surface area contributed by atoms with E-state index in [-0.39, 0.29) is 30.4 Å². The summed E-state index contributed by atoms with van der Waals surface area (Å²) in [6.07, 6.45) is 1.16. The molecular formula is C23H28N2O4. The standard InChI is InChI=1S/C23H28N2O4/c1-4-28-21-11-18-10-15(2)29-22(18)12-19(21)14-24-23(27)13-20(25-16(3)26)17-8-6-5-7-9-17/h5-9,11-12,15,20H,4,10,13-14H2,1-3H3,(H,24,27)(H,25,26)/t15-,20-/m1/s1. The SMILES string of the molecule is CCOc1cc2c(cc1CNC(=O)C[C@@H](NC(C)=O)c1ccccc1)O[C@H](C)C2. The van der Waals surface area contributed by atoms with E-state index in [1.807, 2.05) is 56.3 Å². The van der Waals surface area contributed by atoms with E-state index < -0.39 is 0 Å². The molecule has 0 aliphatic carbocycles. The smallest absolute Gasteiger partial charge is 0.222 e. The molecule has 2 amide bonds. The van der Waals surface area contributed by atoms with Crippen LogP contribution in [-0.2, 0) is 22.6 Å². The third kappa shape index (κ3) is 5.50. The maximum Gasteiger partial charge on any atom is 0.222 e. The van der Waals surface area contributed by atoms with Crippen molar-refractivity contribution in [3.05, 3.63) is 59.2 Å². The minimum absolute atomic E-state index is 0.147. The molecule has 2 N–H and O–H groups in total. The van der Waals surface area contributed by atoms with Crippen molar-refractivity contribution in [2.75, 3.05) is 6.61 Å². The van der Waals surface area contributed by atoms with Gasteiger partial charge in [0.25, 0.3) is 0 Å².